The predicted octanol–water partition coefficient (Wildman–Crippen LogP) is 6.76. The summed E-state index contributed by atoms with van der Waals surface area (Å²) in [5, 5.41) is 3.74. The number of aromatic amines is 1. The van der Waals surface area contributed by atoms with Crippen LogP contribution in [0.25, 0.3) is 10.9 Å². The number of nitrogens with one attached hydrogen (secondary N) is 2. The van der Waals surface area contributed by atoms with E-state index in [4.69, 9.17) is 4.74 Å². The highest BCUT2D eigenvalue weighted by Crippen LogP contribution is 2.53. The molecule has 3 aliphatic rings. The van der Waals surface area contributed by atoms with Gasteiger partial charge in [0, 0.05) is 55.1 Å². The van der Waals surface area contributed by atoms with Gasteiger partial charge in [-0.25, -0.2) is 0 Å². The molecule has 2 saturated heterocycles. The minimum Gasteiger partial charge on any atom is -0.497 e. The average Bonchev–Trinajstić information content (AvgIpc) is 3.53. The molecular formula is C40H43F3N4O4. The number of rotatable bonds is 9. The molecule has 3 amide bonds. The summed E-state index contributed by atoms with van der Waals surface area (Å²) in [6, 6.07) is 20.8. The van der Waals surface area contributed by atoms with E-state index >= 15 is 0 Å². The maximum Gasteiger partial charge on any atom is 0.416 e. The molecule has 0 aliphatic carbocycles. The highest BCUT2D eigenvalue weighted by Gasteiger charge is 2.59. The Morgan fingerprint density at radius 1 is 0.961 bits per heavy atom. The number of piperidine rings is 2. The lowest BCUT2D eigenvalue weighted by atomic mass is 9.64. The Kier molecular flexibility index (Phi) is 9.56. The van der Waals surface area contributed by atoms with Gasteiger partial charge in [0.2, 0.25) is 17.7 Å². The molecule has 11 heteroatoms. The van der Waals surface area contributed by atoms with E-state index in [9.17, 15) is 27.6 Å². The quantitative estimate of drug-likeness (QED) is 0.202. The van der Waals surface area contributed by atoms with E-state index in [-0.39, 0.29) is 31.2 Å². The number of fused-ring (bicyclic) bond motifs is 5. The fourth-order valence-electron chi connectivity index (χ4n) is 8.59. The van der Waals surface area contributed by atoms with Crippen LogP contribution in [0.3, 0.4) is 0 Å². The molecule has 3 aromatic carbocycles. The van der Waals surface area contributed by atoms with Crippen molar-refractivity contribution in [2.75, 3.05) is 26.7 Å². The molecule has 7 rings (SSSR count). The van der Waals surface area contributed by atoms with E-state index in [1.165, 1.54) is 12.1 Å². The van der Waals surface area contributed by atoms with Crippen molar-refractivity contribution in [3.8, 4) is 5.75 Å². The second kappa shape index (κ2) is 14.1. The van der Waals surface area contributed by atoms with Gasteiger partial charge in [-0.1, -0.05) is 42.5 Å². The zero-order valence-electron chi connectivity index (χ0n) is 28.7. The van der Waals surface area contributed by atoms with Crippen molar-refractivity contribution in [2.45, 2.75) is 69.6 Å². The van der Waals surface area contributed by atoms with E-state index in [2.05, 4.69) is 22.4 Å². The molecule has 4 aromatic rings. The van der Waals surface area contributed by atoms with Crippen LogP contribution in [-0.4, -0.2) is 59.2 Å². The largest absolute Gasteiger partial charge is 0.497 e. The van der Waals surface area contributed by atoms with Crippen molar-refractivity contribution in [1.82, 2.24) is 20.1 Å². The first-order valence-electron chi connectivity index (χ1n) is 17.8. The highest BCUT2D eigenvalue weighted by molar-refractivity contribution is 5.93. The van der Waals surface area contributed by atoms with Crippen molar-refractivity contribution in [1.29, 1.82) is 0 Å². The molecule has 2 N–H and O–H groups in total. The molecule has 2 fully saturated rings. The van der Waals surface area contributed by atoms with Crippen molar-refractivity contribution < 1.29 is 32.3 Å². The number of carbonyl (C=O) groups is 3. The molecule has 0 spiro atoms. The third kappa shape index (κ3) is 6.70. The molecule has 0 radical (unpaired) electrons. The number of carbonyl (C=O) groups excluding carboxylic acids is 3. The molecule has 1 unspecified atom stereocenters. The Morgan fingerprint density at radius 2 is 1.73 bits per heavy atom. The third-order valence-electron chi connectivity index (χ3n) is 11.1. The minimum absolute atomic E-state index is 0.00118. The van der Waals surface area contributed by atoms with Crippen LogP contribution in [0, 0.1) is 11.8 Å². The SMILES string of the molecule is COc1ccc2[nH]c3c(c2c1)CCN1C(=O)C(CC(=O)NCc2cccc(C(F)(F)F)c2)C[C@H](C(=O)N2CCCCC2)[C@@]31CCc1ccccc1. The first kappa shape index (κ1) is 34.6. The van der Waals surface area contributed by atoms with Gasteiger partial charge in [0.1, 0.15) is 5.75 Å². The Bertz CT molecular complexity index is 1920. The maximum absolute atomic E-state index is 14.9. The number of H-pyrrole nitrogens is 1. The van der Waals surface area contributed by atoms with Gasteiger partial charge in [0.25, 0.3) is 0 Å². The van der Waals surface area contributed by atoms with Crippen LogP contribution in [0.4, 0.5) is 13.2 Å². The summed E-state index contributed by atoms with van der Waals surface area (Å²) >= 11 is 0. The van der Waals surface area contributed by atoms with Crippen molar-refractivity contribution >= 4 is 28.6 Å². The van der Waals surface area contributed by atoms with E-state index in [0.29, 0.717) is 44.5 Å². The summed E-state index contributed by atoms with van der Waals surface area (Å²) in [6.07, 6.45) is 0.128. The second-order valence-electron chi connectivity index (χ2n) is 14.1. The summed E-state index contributed by atoms with van der Waals surface area (Å²) in [7, 11) is 1.63. The molecule has 0 bridgehead atoms. The van der Waals surface area contributed by atoms with Crippen molar-refractivity contribution in [3.63, 3.8) is 0 Å². The second-order valence-corrected chi connectivity index (χ2v) is 14.1. The van der Waals surface area contributed by atoms with Gasteiger partial charge in [0.15, 0.2) is 0 Å². The Morgan fingerprint density at radius 3 is 2.47 bits per heavy atom. The molecule has 8 nitrogen and oxygen atoms in total. The Labute approximate surface area is 295 Å². The van der Waals surface area contributed by atoms with E-state index in [1.807, 2.05) is 46.2 Å². The summed E-state index contributed by atoms with van der Waals surface area (Å²) in [4.78, 5) is 50.4. The van der Waals surface area contributed by atoms with Gasteiger partial charge in [-0.15, -0.1) is 0 Å². The minimum atomic E-state index is -4.50. The fourth-order valence-corrected chi connectivity index (χ4v) is 8.59. The Balaban J connectivity index is 1.25. The van der Waals surface area contributed by atoms with Crippen LogP contribution in [0.2, 0.25) is 0 Å². The van der Waals surface area contributed by atoms with Gasteiger partial charge in [-0.2, -0.15) is 13.2 Å². The van der Waals surface area contributed by atoms with E-state index < -0.39 is 35.0 Å². The molecule has 51 heavy (non-hydrogen) atoms. The number of aromatic nitrogens is 1. The van der Waals surface area contributed by atoms with E-state index in [0.717, 1.165) is 64.9 Å². The van der Waals surface area contributed by atoms with Crippen LogP contribution in [0.5, 0.6) is 5.75 Å². The molecule has 4 heterocycles. The number of likely N-dealkylation sites (tertiary alicyclic amines) is 1. The number of benzene rings is 3. The number of hydrogen-bond acceptors (Lipinski definition) is 4. The smallest absolute Gasteiger partial charge is 0.416 e. The van der Waals surface area contributed by atoms with Gasteiger partial charge >= 0.3 is 6.18 Å². The lowest BCUT2D eigenvalue weighted by Crippen LogP contribution is -2.66. The van der Waals surface area contributed by atoms with Gasteiger partial charge < -0.3 is 24.8 Å². The van der Waals surface area contributed by atoms with Crippen LogP contribution >= 0.6 is 0 Å². The molecule has 0 saturated carbocycles. The molecular weight excluding hydrogens is 657 g/mol. The lowest BCUT2D eigenvalue weighted by molar-refractivity contribution is -0.167. The summed E-state index contributed by atoms with van der Waals surface area (Å²) < 4.78 is 45.4. The van der Waals surface area contributed by atoms with Gasteiger partial charge in [0.05, 0.1) is 24.1 Å². The zero-order valence-corrected chi connectivity index (χ0v) is 28.7. The number of aryl methyl sites for hydroxylation is 1. The number of ether oxygens (including phenoxy) is 1. The predicted molar refractivity (Wildman–Crippen MR) is 187 cm³/mol. The summed E-state index contributed by atoms with van der Waals surface area (Å²) in [6.45, 7) is 1.58. The van der Waals surface area contributed by atoms with E-state index in [1.54, 1.807) is 7.11 Å². The van der Waals surface area contributed by atoms with Crippen LogP contribution in [0.15, 0.2) is 72.8 Å². The van der Waals surface area contributed by atoms with Gasteiger partial charge in [-0.05, 0) is 92.0 Å². The molecule has 3 atom stereocenters. The monoisotopic (exact) mass is 700 g/mol. The Hall–Kier alpha value is -4.80. The number of nitrogens with zero attached hydrogens (tertiary/aromatic N) is 2. The summed E-state index contributed by atoms with van der Waals surface area (Å²) in [5.41, 5.74) is 2.51. The third-order valence-corrected chi connectivity index (χ3v) is 11.1. The average molecular weight is 701 g/mol. The normalized spacial score (nSPS) is 22.0. The number of halogens is 3. The first-order chi connectivity index (χ1) is 24.6. The number of amides is 3. The highest BCUT2D eigenvalue weighted by atomic mass is 19.4. The number of hydrogen-bond donors (Lipinski definition) is 2. The maximum atomic E-state index is 14.9. The van der Waals surface area contributed by atoms with Crippen molar-refractivity contribution in [2.24, 2.45) is 11.8 Å². The molecule has 1 aromatic heterocycles. The lowest BCUT2D eigenvalue weighted by Gasteiger charge is -2.56. The first-order valence-corrected chi connectivity index (χ1v) is 17.8. The van der Waals surface area contributed by atoms with Crippen molar-refractivity contribution in [3.05, 3.63) is 101 Å². The molecule has 268 valence electrons. The number of alkyl halides is 3. The van der Waals surface area contributed by atoms with Gasteiger partial charge in [-0.3, -0.25) is 14.4 Å². The standard InChI is InChI=1S/C40H43F3N4O4/c1-51-30-13-14-34-32(24-30)31-16-20-47-37(49)28(23-35(48)44-25-27-11-8-12-29(21-27)40(41,42)43)22-33(38(50)46-18-6-3-7-19-46)39(47,36(31)45-34)17-15-26-9-4-2-5-10-26/h2,4-5,8-14,21,24,28,33,45H,3,6-7,15-20,22-23,25H2,1H3,(H,44,48)/t28?,33-,39+/m1/s1. The fraction of sp³-hybridized carbons (Fsp3) is 0.425. The number of methoxy groups -OCH3 is 1. The van der Waals surface area contributed by atoms with Crippen LogP contribution < -0.4 is 10.1 Å². The zero-order chi connectivity index (χ0) is 35.8. The summed E-state index contributed by atoms with van der Waals surface area (Å²) in [5.74, 6) is -1.28. The molecule has 3 aliphatic heterocycles. The van der Waals surface area contributed by atoms with Crippen LogP contribution in [0.1, 0.15) is 66.5 Å². The topological polar surface area (TPSA) is 94.7 Å². The van der Waals surface area contributed by atoms with Crippen LogP contribution in [-0.2, 0) is 45.5 Å².